The Kier molecular flexibility index (Phi) is 12.6. The molecule has 8 rings (SSSR count). The molecule has 2 unspecified atom stereocenters. The van der Waals surface area contributed by atoms with Gasteiger partial charge >= 0.3 is 0 Å². The summed E-state index contributed by atoms with van der Waals surface area (Å²) in [5.74, 6) is -0.733. The molecule has 2 amide bonds. The van der Waals surface area contributed by atoms with Crippen LogP contribution in [-0.2, 0) is 32.2 Å². The molecule has 3 aromatic carbocycles. The monoisotopic (exact) mass is 838 g/mol. The van der Waals surface area contributed by atoms with Gasteiger partial charge in [-0.15, -0.1) is 0 Å². The van der Waals surface area contributed by atoms with Crippen molar-refractivity contribution in [3.05, 3.63) is 104 Å². The largest absolute Gasteiger partial charge is 0.379 e. The third-order valence-electron chi connectivity index (χ3n) is 12.6. The summed E-state index contributed by atoms with van der Waals surface area (Å²) in [7, 11) is 0. The van der Waals surface area contributed by atoms with Crippen molar-refractivity contribution in [2.45, 2.75) is 89.6 Å². The number of hydrogen-bond donors (Lipinski definition) is 0. The van der Waals surface area contributed by atoms with Gasteiger partial charge in [0.25, 0.3) is 11.5 Å². The van der Waals surface area contributed by atoms with Crippen LogP contribution in [0.5, 0.6) is 0 Å². The average molecular weight is 839 g/mol. The quantitative estimate of drug-likeness (QED) is 0.121. The van der Waals surface area contributed by atoms with E-state index in [1.54, 1.807) is 29.2 Å². The van der Waals surface area contributed by atoms with Crippen LogP contribution in [-0.4, -0.2) is 102 Å². The predicted molar refractivity (Wildman–Crippen MR) is 226 cm³/mol. The van der Waals surface area contributed by atoms with Gasteiger partial charge in [-0.3, -0.25) is 14.4 Å². The van der Waals surface area contributed by atoms with Gasteiger partial charge in [-0.25, -0.2) is 9.07 Å². The summed E-state index contributed by atoms with van der Waals surface area (Å²) < 4.78 is 34.6. The van der Waals surface area contributed by atoms with Crippen molar-refractivity contribution in [2.75, 3.05) is 57.5 Å². The van der Waals surface area contributed by atoms with Crippen LogP contribution in [0.25, 0.3) is 10.8 Å². The van der Waals surface area contributed by atoms with Gasteiger partial charge in [0.15, 0.2) is 0 Å². The van der Waals surface area contributed by atoms with Gasteiger partial charge in [-0.05, 0) is 100 Å². The number of halogens is 2. The molecule has 1 aromatic heterocycles. The predicted octanol–water partition coefficient (Wildman–Crippen LogP) is 6.64. The Morgan fingerprint density at radius 3 is 2.33 bits per heavy atom. The number of nitriles is 1. The molecule has 14 heteroatoms. The zero-order chi connectivity index (χ0) is 42.0. The molecule has 4 heterocycles. The van der Waals surface area contributed by atoms with E-state index < -0.39 is 11.7 Å². The van der Waals surface area contributed by atoms with E-state index in [9.17, 15) is 19.6 Å². The van der Waals surface area contributed by atoms with Gasteiger partial charge in [-0.1, -0.05) is 35.9 Å². The third kappa shape index (κ3) is 8.93. The molecule has 2 bridgehead atoms. The zero-order valence-corrected chi connectivity index (χ0v) is 35.1. The van der Waals surface area contributed by atoms with E-state index in [0.29, 0.717) is 90.7 Å². The number of piperazine rings is 1. The average Bonchev–Trinajstić information content (AvgIpc) is 4.07. The van der Waals surface area contributed by atoms with Crippen LogP contribution >= 0.6 is 11.6 Å². The number of nitrogens with zero attached hydrogens (tertiary/aromatic N) is 6. The Hall–Kier alpha value is -4.87. The minimum atomic E-state index is -0.605. The summed E-state index contributed by atoms with van der Waals surface area (Å²) in [6.45, 7) is 7.45. The van der Waals surface area contributed by atoms with E-state index in [4.69, 9.17) is 25.8 Å². The molecule has 4 aromatic rings. The highest BCUT2D eigenvalue weighted by Crippen LogP contribution is 2.46. The number of amides is 2. The Labute approximate surface area is 354 Å². The number of piperidine rings is 1. The second-order valence-corrected chi connectivity index (χ2v) is 17.2. The molecule has 3 aliphatic heterocycles. The standard InChI is InChI=1S/C46H52ClFN6O6/c1-30-41(15-11-33(28-49)42(30)47)54-34-12-13-35(54)27-46(2,26-34)60-21-5-20-58-22-23-59-29-53-45(57)37-7-4-3-6-36(37)40(50-53)25-31-8-14-39(48)38(24-31)44(56)52-18-16-51(17-19-52)43(55)32-9-10-32/h3-4,6-8,11,14-15,24,32,34-35H,5,9-10,12-13,16-23,25-27,29H2,1-2H3. The molecule has 316 valence electrons. The zero-order valence-electron chi connectivity index (χ0n) is 34.3. The first-order valence-corrected chi connectivity index (χ1v) is 21.5. The lowest BCUT2D eigenvalue weighted by molar-refractivity contribution is -0.134. The van der Waals surface area contributed by atoms with Gasteiger partial charge < -0.3 is 28.9 Å². The molecular formula is C46H52ClFN6O6. The lowest BCUT2D eigenvalue weighted by atomic mass is 9.86. The van der Waals surface area contributed by atoms with Crippen LogP contribution in [0.4, 0.5) is 10.1 Å². The van der Waals surface area contributed by atoms with Crippen molar-refractivity contribution in [3.63, 3.8) is 0 Å². The van der Waals surface area contributed by atoms with Crippen molar-refractivity contribution in [2.24, 2.45) is 5.92 Å². The maximum atomic E-state index is 15.1. The van der Waals surface area contributed by atoms with Crippen molar-refractivity contribution in [3.8, 4) is 6.07 Å². The molecule has 0 radical (unpaired) electrons. The fourth-order valence-corrected chi connectivity index (χ4v) is 9.50. The van der Waals surface area contributed by atoms with Crippen molar-refractivity contribution in [1.29, 1.82) is 5.26 Å². The minimum absolute atomic E-state index is 0.0225. The second kappa shape index (κ2) is 18.0. The molecule has 60 heavy (non-hydrogen) atoms. The number of aromatic nitrogens is 2. The molecule has 3 saturated heterocycles. The minimum Gasteiger partial charge on any atom is -0.379 e. The highest BCUT2D eigenvalue weighted by Gasteiger charge is 2.47. The number of fused-ring (bicyclic) bond motifs is 3. The van der Waals surface area contributed by atoms with Crippen LogP contribution < -0.4 is 10.5 Å². The SMILES string of the molecule is Cc1c(N2C3CCC2CC(C)(OCCCOCCOCn2nc(Cc4ccc(F)c(C(=O)N5CCN(C(=O)C6CC6)CC5)c4)c4ccccc4c2=O)C3)ccc(C#N)c1Cl. The normalized spacial score (nSPS) is 21.4. The highest BCUT2D eigenvalue weighted by molar-refractivity contribution is 6.32. The van der Waals surface area contributed by atoms with E-state index in [0.717, 1.165) is 56.2 Å². The summed E-state index contributed by atoms with van der Waals surface area (Å²) in [5.41, 5.74) is 3.33. The lowest BCUT2D eigenvalue weighted by Crippen LogP contribution is -2.51. The van der Waals surface area contributed by atoms with Crippen LogP contribution in [0.3, 0.4) is 0 Å². The van der Waals surface area contributed by atoms with Crippen molar-refractivity contribution >= 4 is 39.9 Å². The first kappa shape index (κ1) is 41.8. The molecule has 1 aliphatic carbocycles. The molecule has 2 atom stereocenters. The van der Waals surface area contributed by atoms with E-state index in [2.05, 4.69) is 23.0 Å². The molecule has 12 nitrogen and oxygen atoms in total. The maximum absolute atomic E-state index is 15.1. The lowest BCUT2D eigenvalue weighted by Gasteiger charge is -2.46. The fraction of sp³-hybridized carbons (Fsp3) is 0.500. The van der Waals surface area contributed by atoms with Gasteiger partial charge in [0.1, 0.15) is 18.6 Å². The first-order chi connectivity index (χ1) is 29.0. The van der Waals surface area contributed by atoms with Crippen molar-refractivity contribution < 1.29 is 28.2 Å². The van der Waals surface area contributed by atoms with Crippen LogP contribution in [0.2, 0.25) is 5.02 Å². The van der Waals surface area contributed by atoms with E-state index in [1.807, 2.05) is 36.1 Å². The Morgan fingerprint density at radius 2 is 1.62 bits per heavy atom. The number of benzene rings is 3. The highest BCUT2D eigenvalue weighted by atomic mass is 35.5. The van der Waals surface area contributed by atoms with Crippen molar-refractivity contribution in [1.82, 2.24) is 19.6 Å². The van der Waals surface area contributed by atoms with Gasteiger partial charge in [0.2, 0.25) is 5.91 Å². The summed E-state index contributed by atoms with van der Waals surface area (Å²) >= 11 is 6.52. The number of hydrogen-bond acceptors (Lipinski definition) is 9. The van der Waals surface area contributed by atoms with E-state index >= 15 is 4.39 Å². The molecular weight excluding hydrogens is 787 g/mol. The number of carbonyl (C=O) groups is 2. The first-order valence-electron chi connectivity index (χ1n) is 21.2. The summed E-state index contributed by atoms with van der Waals surface area (Å²) in [6, 6.07) is 18.5. The molecule has 4 fully saturated rings. The van der Waals surface area contributed by atoms with Crippen LogP contribution in [0.15, 0.2) is 59.4 Å². The van der Waals surface area contributed by atoms with Gasteiger partial charge in [0.05, 0.1) is 46.0 Å². The molecule has 4 aliphatic rings. The Morgan fingerprint density at radius 1 is 0.917 bits per heavy atom. The number of carbonyl (C=O) groups excluding carboxylic acids is 2. The topological polar surface area (TPSA) is 130 Å². The molecule has 1 saturated carbocycles. The molecule has 0 N–H and O–H groups in total. The Bertz CT molecular complexity index is 2340. The van der Waals surface area contributed by atoms with Gasteiger partial charge in [0, 0.05) is 74.9 Å². The molecule has 0 spiro atoms. The fourth-order valence-electron chi connectivity index (χ4n) is 9.30. The number of ether oxygens (including phenoxy) is 3. The smallest absolute Gasteiger partial charge is 0.276 e. The maximum Gasteiger partial charge on any atom is 0.276 e. The van der Waals surface area contributed by atoms with Crippen LogP contribution in [0, 0.1) is 30.0 Å². The van der Waals surface area contributed by atoms with E-state index in [-0.39, 0.29) is 48.3 Å². The second-order valence-electron chi connectivity index (χ2n) is 16.9. The van der Waals surface area contributed by atoms with E-state index in [1.165, 1.54) is 10.7 Å². The summed E-state index contributed by atoms with van der Waals surface area (Å²) in [6.07, 6.45) is 6.92. The summed E-state index contributed by atoms with van der Waals surface area (Å²) in [5, 5.41) is 15.7. The number of rotatable bonds is 15. The number of anilines is 1. The van der Waals surface area contributed by atoms with Gasteiger partial charge in [-0.2, -0.15) is 10.4 Å². The Balaban J connectivity index is 0.801. The third-order valence-corrected chi connectivity index (χ3v) is 13.0. The summed E-state index contributed by atoms with van der Waals surface area (Å²) in [4.78, 5) is 45.3. The van der Waals surface area contributed by atoms with Crippen LogP contribution in [0.1, 0.15) is 84.6 Å².